The molecule has 4 heteroatoms. The first kappa shape index (κ1) is 13.6. The largest absolute Gasteiger partial charge is 0.512 e. The lowest BCUT2D eigenvalue weighted by molar-refractivity contribution is 0.0683. The number of hydrogen-bond acceptors (Lipinski definition) is 3. The van der Waals surface area contributed by atoms with E-state index in [0.717, 1.165) is 0 Å². The number of rotatable bonds is 7. The normalized spacial score (nSPS) is 20.2. The zero-order valence-corrected chi connectivity index (χ0v) is 11.7. The maximum Gasteiger partial charge on any atom is 0.512 e. The fraction of sp³-hybridized carbons (Fsp3) is 0.667. The molecule has 3 nitrogen and oxygen atoms in total. The summed E-state index contributed by atoms with van der Waals surface area (Å²) in [6.45, 7) is 9.94. The quantitative estimate of drug-likeness (QED) is 0.642. The second-order valence-corrected chi connectivity index (χ2v) is 6.37. The fourth-order valence-corrected chi connectivity index (χ4v) is 4.96. The van der Waals surface area contributed by atoms with Crippen LogP contribution in [0.15, 0.2) is 23.8 Å². The maximum absolute atomic E-state index is 5.87. The van der Waals surface area contributed by atoms with Gasteiger partial charge in [-0.2, -0.15) is 0 Å². The van der Waals surface area contributed by atoms with Crippen LogP contribution in [0.2, 0.25) is 5.54 Å². The molecule has 16 heavy (non-hydrogen) atoms. The van der Waals surface area contributed by atoms with Crippen molar-refractivity contribution in [1.82, 2.24) is 0 Å². The molecule has 0 N–H and O–H groups in total. The van der Waals surface area contributed by atoms with Crippen LogP contribution in [-0.2, 0) is 13.3 Å². The Morgan fingerprint density at radius 3 is 1.88 bits per heavy atom. The molecule has 0 radical (unpaired) electrons. The molecule has 0 bridgehead atoms. The van der Waals surface area contributed by atoms with Gasteiger partial charge in [0.25, 0.3) is 0 Å². The van der Waals surface area contributed by atoms with Gasteiger partial charge in [0.05, 0.1) is 5.54 Å². The van der Waals surface area contributed by atoms with Crippen molar-refractivity contribution in [3.8, 4) is 0 Å². The van der Waals surface area contributed by atoms with Gasteiger partial charge < -0.3 is 13.3 Å². The van der Waals surface area contributed by atoms with Crippen LogP contribution in [-0.4, -0.2) is 28.6 Å². The molecule has 1 atom stereocenters. The first-order valence-electron chi connectivity index (χ1n) is 5.97. The van der Waals surface area contributed by atoms with Crippen molar-refractivity contribution in [2.24, 2.45) is 0 Å². The van der Waals surface area contributed by atoms with Crippen molar-refractivity contribution < 1.29 is 13.3 Å². The Labute approximate surface area is 99.5 Å². The van der Waals surface area contributed by atoms with E-state index in [2.05, 4.69) is 25.2 Å². The summed E-state index contributed by atoms with van der Waals surface area (Å²) in [5, 5.41) is 0. The zero-order valence-electron chi connectivity index (χ0n) is 10.7. The van der Waals surface area contributed by atoms with Crippen molar-refractivity contribution in [3.05, 3.63) is 23.8 Å². The predicted molar refractivity (Wildman–Crippen MR) is 67.3 cm³/mol. The smallest absolute Gasteiger partial charge is 0.373 e. The van der Waals surface area contributed by atoms with Crippen molar-refractivity contribution in [3.63, 3.8) is 0 Å². The Bertz CT molecular complexity index is 256. The molecule has 0 heterocycles. The lowest BCUT2D eigenvalue weighted by Crippen LogP contribution is -2.50. The van der Waals surface area contributed by atoms with E-state index in [1.807, 2.05) is 20.8 Å². The van der Waals surface area contributed by atoms with Crippen molar-refractivity contribution in [2.75, 3.05) is 19.8 Å². The summed E-state index contributed by atoms with van der Waals surface area (Å²) in [4.78, 5) is 0. The summed E-state index contributed by atoms with van der Waals surface area (Å²) >= 11 is 0. The van der Waals surface area contributed by atoms with Gasteiger partial charge in [0.1, 0.15) is 0 Å². The van der Waals surface area contributed by atoms with Gasteiger partial charge in [0.2, 0.25) is 0 Å². The molecule has 0 fully saturated rings. The second kappa shape index (κ2) is 6.35. The van der Waals surface area contributed by atoms with Crippen LogP contribution in [0.25, 0.3) is 0 Å². The molecule has 92 valence electrons. The molecule has 1 rings (SSSR count). The molecule has 0 aliphatic heterocycles. The third-order valence-corrected chi connectivity index (χ3v) is 6.05. The third-order valence-electron chi connectivity index (χ3n) is 2.57. The Hall–Kier alpha value is -0.423. The Balaban J connectivity index is 2.90. The van der Waals surface area contributed by atoms with Gasteiger partial charge in [0, 0.05) is 19.8 Å². The fourth-order valence-electron chi connectivity index (χ4n) is 1.97. The lowest BCUT2D eigenvalue weighted by atomic mass is 10.3. The minimum atomic E-state index is -2.58. The van der Waals surface area contributed by atoms with Crippen LogP contribution in [0, 0.1) is 0 Å². The molecular weight excluding hydrogens is 220 g/mol. The van der Waals surface area contributed by atoms with Gasteiger partial charge in [-0.3, -0.25) is 0 Å². The topological polar surface area (TPSA) is 27.7 Å². The highest BCUT2D eigenvalue weighted by Crippen LogP contribution is 2.36. The van der Waals surface area contributed by atoms with Gasteiger partial charge >= 0.3 is 8.80 Å². The lowest BCUT2D eigenvalue weighted by Gasteiger charge is -2.33. The molecule has 0 spiro atoms. The molecule has 0 saturated carbocycles. The van der Waals surface area contributed by atoms with Crippen LogP contribution in [0.1, 0.15) is 27.7 Å². The summed E-state index contributed by atoms with van der Waals surface area (Å²) in [6.07, 6.45) is 6.28. The molecule has 0 aromatic carbocycles. The van der Waals surface area contributed by atoms with Crippen LogP contribution < -0.4 is 0 Å². The van der Waals surface area contributed by atoms with Crippen molar-refractivity contribution in [1.29, 1.82) is 0 Å². The van der Waals surface area contributed by atoms with E-state index in [9.17, 15) is 0 Å². The summed E-state index contributed by atoms with van der Waals surface area (Å²) in [6, 6.07) is 0. The monoisotopic (exact) mass is 242 g/mol. The second-order valence-electron chi connectivity index (χ2n) is 3.68. The SMILES string of the molecule is CCO[Si](OCC)(OCC)C1C=CC=C1C. The summed E-state index contributed by atoms with van der Waals surface area (Å²) in [5.74, 6) is 0. The van der Waals surface area contributed by atoms with E-state index in [1.165, 1.54) is 5.57 Å². The van der Waals surface area contributed by atoms with E-state index in [-0.39, 0.29) is 5.54 Å². The van der Waals surface area contributed by atoms with Crippen LogP contribution in [0.4, 0.5) is 0 Å². The van der Waals surface area contributed by atoms with Crippen LogP contribution in [0.5, 0.6) is 0 Å². The van der Waals surface area contributed by atoms with E-state index in [1.54, 1.807) is 0 Å². The highest BCUT2D eigenvalue weighted by molar-refractivity contribution is 6.64. The first-order chi connectivity index (χ1) is 7.70. The summed E-state index contributed by atoms with van der Waals surface area (Å²) < 4.78 is 17.6. The minimum absolute atomic E-state index is 0.187. The van der Waals surface area contributed by atoms with E-state index >= 15 is 0 Å². The van der Waals surface area contributed by atoms with Crippen LogP contribution in [0.3, 0.4) is 0 Å². The number of hydrogen-bond donors (Lipinski definition) is 0. The highest BCUT2D eigenvalue weighted by atomic mass is 28.4. The molecule has 0 aromatic rings. The van der Waals surface area contributed by atoms with Crippen molar-refractivity contribution >= 4 is 8.80 Å². The average molecular weight is 242 g/mol. The molecule has 0 saturated heterocycles. The Morgan fingerprint density at radius 2 is 1.56 bits per heavy atom. The summed E-state index contributed by atoms with van der Waals surface area (Å²) in [5.41, 5.74) is 1.45. The first-order valence-corrected chi connectivity index (χ1v) is 7.77. The van der Waals surface area contributed by atoms with Crippen molar-refractivity contribution in [2.45, 2.75) is 33.2 Å². The molecule has 1 unspecified atom stereocenters. The zero-order chi connectivity index (χ0) is 12.0. The van der Waals surface area contributed by atoms with E-state index in [0.29, 0.717) is 19.8 Å². The van der Waals surface area contributed by atoms with Gasteiger partial charge in [-0.1, -0.05) is 23.8 Å². The molecule has 1 aliphatic carbocycles. The standard InChI is InChI=1S/C12H22O3Si/c1-5-13-16(14-6-2,15-7-3)12-10-8-9-11(12)4/h8-10,12H,5-7H2,1-4H3. The third kappa shape index (κ3) is 2.82. The van der Waals surface area contributed by atoms with Gasteiger partial charge in [0.15, 0.2) is 0 Å². The Kier molecular flexibility index (Phi) is 5.41. The van der Waals surface area contributed by atoms with E-state index in [4.69, 9.17) is 13.3 Å². The molecule has 0 amide bonds. The summed E-state index contributed by atoms with van der Waals surface area (Å²) in [7, 11) is -2.58. The maximum atomic E-state index is 5.87. The predicted octanol–water partition coefficient (Wildman–Crippen LogP) is 2.92. The number of allylic oxidation sites excluding steroid dienone is 4. The highest BCUT2D eigenvalue weighted by Gasteiger charge is 2.49. The molecular formula is C12H22O3Si. The molecule has 1 aliphatic rings. The minimum Gasteiger partial charge on any atom is -0.373 e. The van der Waals surface area contributed by atoms with Gasteiger partial charge in [-0.05, 0) is 27.7 Å². The van der Waals surface area contributed by atoms with Gasteiger partial charge in [-0.15, -0.1) is 0 Å². The van der Waals surface area contributed by atoms with E-state index < -0.39 is 8.80 Å². The molecule has 0 aromatic heterocycles. The Morgan fingerprint density at radius 1 is 1.06 bits per heavy atom. The average Bonchev–Trinajstić information content (AvgIpc) is 2.66. The van der Waals surface area contributed by atoms with Crippen LogP contribution >= 0.6 is 0 Å². The van der Waals surface area contributed by atoms with Gasteiger partial charge in [-0.25, -0.2) is 0 Å².